The Morgan fingerprint density at radius 2 is 2.21 bits per heavy atom. The second-order valence-electron chi connectivity index (χ2n) is 2.87. The number of benzene rings is 1. The summed E-state index contributed by atoms with van der Waals surface area (Å²) >= 11 is 3.23. The predicted molar refractivity (Wildman–Crippen MR) is 53.2 cm³/mol. The van der Waals surface area contributed by atoms with E-state index in [9.17, 15) is 4.39 Å². The predicted octanol–water partition coefficient (Wildman–Crippen LogP) is 2.23. The average Bonchev–Trinajstić information content (AvgIpc) is 2.54. The Labute approximate surface area is 88.7 Å². The molecule has 3 nitrogen and oxygen atoms in total. The summed E-state index contributed by atoms with van der Waals surface area (Å²) in [5.41, 5.74) is 0.849. The molecule has 0 bridgehead atoms. The van der Waals surface area contributed by atoms with Crippen LogP contribution >= 0.6 is 15.9 Å². The van der Waals surface area contributed by atoms with Crippen LogP contribution in [0.15, 0.2) is 35.3 Å². The van der Waals surface area contributed by atoms with Crippen LogP contribution in [0, 0.1) is 5.82 Å². The van der Waals surface area contributed by atoms with Gasteiger partial charge in [0.05, 0.1) is 6.54 Å². The minimum absolute atomic E-state index is 0.255. The van der Waals surface area contributed by atoms with Crippen molar-refractivity contribution < 1.29 is 4.39 Å². The van der Waals surface area contributed by atoms with Crippen molar-refractivity contribution in [2.75, 3.05) is 0 Å². The molecule has 1 aromatic carbocycles. The highest BCUT2D eigenvalue weighted by atomic mass is 79.9. The highest BCUT2D eigenvalue weighted by molar-refractivity contribution is 9.10. The highest BCUT2D eigenvalue weighted by Gasteiger charge is 2.00. The number of halogens is 2. The fourth-order valence-electron chi connectivity index (χ4n) is 1.20. The highest BCUT2D eigenvalue weighted by Crippen LogP contribution is 2.15. The molecule has 0 aliphatic rings. The topological polar surface area (TPSA) is 30.7 Å². The first-order valence-corrected chi connectivity index (χ1v) is 4.81. The average molecular weight is 256 g/mol. The van der Waals surface area contributed by atoms with Gasteiger partial charge in [0.15, 0.2) is 0 Å². The fourth-order valence-corrected chi connectivity index (χ4v) is 1.72. The molecular formula is C9H7BrFN3. The molecule has 2 aromatic rings. The molecule has 0 aliphatic carbocycles. The largest absolute Gasteiger partial charge is 0.249 e. The maximum Gasteiger partial charge on any atom is 0.137 e. The normalized spacial score (nSPS) is 10.4. The van der Waals surface area contributed by atoms with Crippen LogP contribution < -0.4 is 0 Å². The van der Waals surface area contributed by atoms with Crippen molar-refractivity contribution in [3.8, 4) is 0 Å². The summed E-state index contributed by atoms with van der Waals surface area (Å²) in [5, 5.41) is 3.94. The second kappa shape index (κ2) is 3.88. The van der Waals surface area contributed by atoms with E-state index in [0.717, 1.165) is 10.0 Å². The van der Waals surface area contributed by atoms with Gasteiger partial charge in [-0.1, -0.05) is 15.9 Å². The van der Waals surface area contributed by atoms with Crippen molar-refractivity contribution in [1.29, 1.82) is 0 Å². The first-order valence-electron chi connectivity index (χ1n) is 4.01. The van der Waals surface area contributed by atoms with Crippen LogP contribution in [0.25, 0.3) is 0 Å². The monoisotopic (exact) mass is 255 g/mol. The molecule has 0 aliphatic heterocycles. The van der Waals surface area contributed by atoms with Crippen LogP contribution in [-0.2, 0) is 6.54 Å². The van der Waals surface area contributed by atoms with Crippen LogP contribution in [-0.4, -0.2) is 14.8 Å². The Bertz CT molecular complexity index is 407. The van der Waals surface area contributed by atoms with Gasteiger partial charge in [0.25, 0.3) is 0 Å². The van der Waals surface area contributed by atoms with Crippen LogP contribution in [0.2, 0.25) is 0 Å². The van der Waals surface area contributed by atoms with E-state index in [0.29, 0.717) is 6.54 Å². The van der Waals surface area contributed by atoms with Crippen LogP contribution in [0.5, 0.6) is 0 Å². The van der Waals surface area contributed by atoms with Crippen molar-refractivity contribution in [2.45, 2.75) is 6.54 Å². The number of rotatable bonds is 2. The summed E-state index contributed by atoms with van der Waals surface area (Å²) < 4.78 is 15.4. The Morgan fingerprint density at radius 3 is 2.86 bits per heavy atom. The summed E-state index contributed by atoms with van der Waals surface area (Å²) in [4.78, 5) is 3.81. The van der Waals surface area contributed by atoms with Gasteiger partial charge < -0.3 is 0 Å². The van der Waals surface area contributed by atoms with Gasteiger partial charge in [-0.3, -0.25) is 0 Å². The molecule has 2 rings (SSSR count). The van der Waals surface area contributed by atoms with E-state index < -0.39 is 0 Å². The summed E-state index contributed by atoms with van der Waals surface area (Å²) in [7, 11) is 0. The minimum Gasteiger partial charge on any atom is -0.249 e. The molecule has 0 atom stereocenters. The Balaban J connectivity index is 2.25. The third-order valence-electron chi connectivity index (χ3n) is 1.73. The van der Waals surface area contributed by atoms with Crippen LogP contribution in [0.4, 0.5) is 4.39 Å². The smallest absolute Gasteiger partial charge is 0.137 e. The fraction of sp³-hybridized carbons (Fsp3) is 0.111. The lowest BCUT2D eigenvalue weighted by Crippen LogP contribution is -2.00. The van der Waals surface area contributed by atoms with Gasteiger partial charge in [-0.25, -0.2) is 14.1 Å². The van der Waals surface area contributed by atoms with Gasteiger partial charge in [-0.15, -0.1) is 0 Å². The van der Waals surface area contributed by atoms with Gasteiger partial charge in [0.1, 0.15) is 18.5 Å². The maximum atomic E-state index is 13.0. The van der Waals surface area contributed by atoms with Crippen molar-refractivity contribution in [3.05, 3.63) is 46.7 Å². The number of nitrogens with zero attached hydrogens (tertiary/aromatic N) is 3. The molecule has 0 fully saturated rings. The SMILES string of the molecule is Fc1cc(Br)cc(Cn2cncn2)c1. The van der Waals surface area contributed by atoms with Gasteiger partial charge in [-0.2, -0.15) is 5.10 Å². The molecule has 72 valence electrons. The van der Waals surface area contributed by atoms with Crippen molar-refractivity contribution >= 4 is 15.9 Å². The van der Waals surface area contributed by atoms with E-state index in [1.165, 1.54) is 18.5 Å². The maximum absolute atomic E-state index is 13.0. The summed E-state index contributed by atoms with van der Waals surface area (Å²) in [6.07, 6.45) is 3.05. The summed E-state index contributed by atoms with van der Waals surface area (Å²) in [6, 6.07) is 4.75. The van der Waals surface area contributed by atoms with Crippen LogP contribution in [0.3, 0.4) is 0 Å². The first kappa shape index (κ1) is 9.33. The molecule has 0 radical (unpaired) electrons. The van der Waals surface area contributed by atoms with E-state index in [1.807, 2.05) is 6.07 Å². The van der Waals surface area contributed by atoms with Gasteiger partial charge in [0.2, 0.25) is 0 Å². The Morgan fingerprint density at radius 1 is 1.36 bits per heavy atom. The van der Waals surface area contributed by atoms with E-state index >= 15 is 0 Å². The van der Waals surface area contributed by atoms with Crippen LogP contribution in [0.1, 0.15) is 5.56 Å². The molecule has 1 heterocycles. The molecule has 0 N–H and O–H groups in total. The standard InChI is InChI=1S/C9H7BrFN3/c10-8-1-7(2-9(11)3-8)4-14-6-12-5-13-14/h1-3,5-6H,4H2. The van der Waals surface area contributed by atoms with E-state index in [1.54, 1.807) is 11.0 Å². The zero-order valence-corrected chi connectivity index (χ0v) is 8.78. The molecule has 5 heteroatoms. The second-order valence-corrected chi connectivity index (χ2v) is 3.79. The molecule has 0 amide bonds. The molecule has 1 aromatic heterocycles. The van der Waals surface area contributed by atoms with E-state index in [2.05, 4.69) is 26.0 Å². The molecule has 0 unspecified atom stereocenters. The third kappa shape index (κ3) is 2.17. The molecular weight excluding hydrogens is 249 g/mol. The van der Waals surface area contributed by atoms with Gasteiger partial charge >= 0.3 is 0 Å². The Kier molecular flexibility index (Phi) is 2.58. The quantitative estimate of drug-likeness (QED) is 0.824. The lowest BCUT2D eigenvalue weighted by Gasteiger charge is -2.02. The number of hydrogen-bond acceptors (Lipinski definition) is 2. The lowest BCUT2D eigenvalue weighted by molar-refractivity contribution is 0.618. The minimum atomic E-state index is -0.255. The van der Waals surface area contributed by atoms with Gasteiger partial charge in [0, 0.05) is 4.47 Å². The zero-order valence-electron chi connectivity index (χ0n) is 7.19. The first-order chi connectivity index (χ1) is 6.74. The zero-order chi connectivity index (χ0) is 9.97. The van der Waals surface area contributed by atoms with Crippen molar-refractivity contribution in [3.63, 3.8) is 0 Å². The number of hydrogen-bond donors (Lipinski definition) is 0. The molecule has 0 saturated carbocycles. The van der Waals surface area contributed by atoms with Crippen molar-refractivity contribution in [1.82, 2.24) is 14.8 Å². The Hall–Kier alpha value is -1.23. The summed E-state index contributed by atoms with van der Waals surface area (Å²) in [6.45, 7) is 0.524. The third-order valence-corrected chi connectivity index (χ3v) is 2.19. The van der Waals surface area contributed by atoms with E-state index in [4.69, 9.17) is 0 Å². The van der Waals surface area contributed by atoms with Gasteiger partial charge in [-0.05, 0) is 23.8 Å². The molecule has 0 spiro atoms. The summed E-state index contributed by atoms with van der Waals surface area (Å²) in [5.74, 6) is -0.255. The van der Waals surface area contributed by atoms with Crippen molar-refractivity contribution in [2.24, 2.45) is 0 Å². The molecule has 14 heavy (non-hydrogen) atoms. The molecule has 0 saturated heterocycles. The number of aromatic nitrogens is 3. The van der Waals surface area contributed by atoms with E-state index in [-0.39, 0.29) is 5.82 Å². The lowest BCUT2D eigenvalue weighted by atomic mass is 10.2.